The van der Waals surface area contributed by atoms with E-state index in [2.05, 4.69) is 31.1 Å². The fraction of sp³-hybridized carbons (Fsp3) is 0.600. The highest BCUT2D eigenvalue weighted by Gasteiger charge is 2.23. The van der Waals surface area contributed by atoms with Gasteiger partial charge in [-0.1, -0.05) is 26.8 Å². The van der Waals surface area contributed by atoms with Crippen molar-refractivity contribution in [1.29, 1.82) is 0 Å². The standard InChI is InChI=1S/C15H23N3O/c1-15(2,3)11-12-5-4-6-17-13(12)14(19)18-9-7-16-8-10-18/h4-6,16H,7-11H2,1-3H3. The van der Waals surface area contributed by atoms with Gasteiger partial charge in [0, 0.05) is 32.4 Å². The zero-order valence-electron chi connectivity index (χ0n) is 12.1. The number of carbonyl (C=O) groups excluding carboxylic acids is 1. The van der Waals surface area contributed by atoms with Crippen LogP contribution in [0.5, 0.6) is 0 Å². The summed E-state index contributed by atoms with van der Waals surface area (Å²) in [5.74, 6) is 0.0707. The Morgan fingerprint density at radius 2 is 2.05 bits per heavy atom. The minimum absolute atomic E-state index is 0.0707. The van der Waals surface area contributed by atoms with E-state index in [4.69, 9.17) is 0 Å². The summed E-state index contributed by atoms with van der Waals surface area (Å²) in [5.41, 5.74) is 1.83. The molecule has 4 heteroatoms. The highest BCUT2D eigenvalue weighted by Crippen LogP contribution is 2.22. The first kappa shape index (κ1) is 14.0. The van der Waals surface area contributed by atoms with Gasteiger partial charge < -0.3 is 10.2 Å². The zero-order valence-corrected chi connectivity index (χ0v) is 12.1. The number of rotatable bonds is 2. The normalized spacial score (nSPS) is 16.5. The van der Waals surface area contributed by atoms with E-state index < -0.39 is 0 Å². The van der Waals surface area contributed by atoms with Gasteiger partial charge in [0.25, 0.3) is 5.91 Å². The number of hydrogen-bond donors (Lipinski definition) is 1. The van der Waals surface area contributed by atoms with Crippen LogP contribution in [0.3, 0.4) is 0 Å². The van der Waals surface area contributed by atoms with Crippen LogP contribution in [0, 0.1) is 5.41 Å². The molecule has 0 unspecified atom stereocenters. The summed E-state index contributed by atoms with van der Waals surface area (Å²) in [5, 5.41) is 3.26. The summed E-state index contributed by atoms with van der Waals surface area (Å²) in [7, 11) is 0. The van der Waals surface area contributed by atoms with Crippen LogP contribution >= 0.6 is 0 Å². The number of pyridine rings is 1. The molecule has 2 rings (SSSR count). The lowest BCUT2D eigenvalue weighted by molar-refractivity contribution is 0.0728. The Bertz CT molecular complexity index is 445. The van der Waals surface area contributed by atoms with Crippen molar-refractivity contribution < 1.29 is 4.79 Å². The van der Waals surface area contributed by atoms with E-state index in [0.717, 1.165) is 38.2 Å². The molecule has 1 N–H and O–H groups in total. The minimum atomic E-state index is 0.0707. The van der Waals surface area contributed by atoms with E-state index in [1.165, 1.54) is 0 Å². The first-order valence-corrected chi connectivity index (χ1v) is 6.91. The van der Waals surface area contributed by atoms with E-state index >= 15 is 0 Å². The SMILES string of the molecule is CC(C)(C)Cc1cccnc1C(=O)N1CCNCC1. The molecule has 1 aliphatic rings. The van der Waals surface area contributed by atoms with Gasteiger partial charge in [-0.3, -0.25) is 9.78 Å². The van der Waals surface area contributed by atoms with Gasteiger partial charge >= 0.3 is 0 Å². The third kappa shape index (κ3) is 3.77. The molecule has 1 aromatic heterocycles. The quantitative estimate of drug-likeness (QED) is 0.881. The van der Waals surface area contributed by atoms with Crippen molar-refractivity contribution in [1.82, 2.24) is 15.2 Å². The largest absolute Gasteiger partial charge is 0.335 e. The number of carbonyl (C=O) groups is 1. The molecule has 1 saturated heterocycles. The summed E-state index contributed by atoms with van der Waals surface area (Å²) < 4.78 is 0. The third-order valence-corrected chi connectivity index (χ3v) is 3.22. The number of hydrogen-bond acceptors (Lipinski definition) is 3. The molecule has 0 bridgehead atoms. The smallest absolute Gasteiger partial charge is 0.272 e. The van der Waals surface area contributed by atoms with Gasteiger partial charge in [0.1, 0.15) is 5.69 Å². The van der Waals surface area contributed by atoms with Crippen LogP contribution in [-0.4, -0.2) is 42.0 Å². The Morgan fingerprint density at radius 3 is 2.68 bits per heavy atom. The van der Waals surface area contributed by atoms with E-state index in [-0.39, 0.29) is 11.3 Å². The third-order valence-electron chi connectivity index (χ3n) is 3.22. The van der Waals surface area contributed by atoms with Gasteiger partial charge in [-0.2, -0.15) is 0 Å². The Kier molecular flexibility index (Phi) is 4.20. The van der Waals surface area contributed by atoms with Crippen molar-refractivity contribution in [3.8, 4) is 0 Å². The molecule has 104 valence electrons. The summed E-state index contributed by atoms with van der Waals surface area (Å²) in [6.07, 6.45) is 2.58. The van der Waals surface area contributed by atoms with Gasteiger partial charge in [0.2, 0.25) is 0 Å². The van der Waals surface area contributed by atoms with Gasteiger partial charge in [-0.05, 0) is 23.5 Å². The lowest BCUT2D eigenvalue weighted by atomic mass is 9.87. The maximum Gasteiger partial charge on any atom is 0.272 e. The second-order valence-corrected chi connectivity index (χ2v) is 6.29. The second-order valence-electron chi connectivity index (χ2n) is 6.29. The van der Waals surface area contributed by atoms with Crippen LogP contribution in [0.25, 0.3) is 0 Å². The summed E-state index contributed by atoms with van der Waals surface area (Å²) >= 11 is 0. The lowest BCUT2D eigenvalue weighted by Crippen LogP contribution is -2.46. The van der Waals surface area contributed by atoms with Crippen LogP contribution in [0.4, 0.5) is 0 Å². The molecule has 19 heavy (non-hydrogen) atoms. The maximum atomic E-state index is 12.5. The number of nitrogens with zero attached hydrogens (tertiary/aromatic N) is 2. The van der Waals surface area contributed by atoms with Crippen LogP contribution in [0.2, 0.25) is 0 Å². The minimum Gasteiger partial charge on any atom is -0.335 e. The van der Waals surface area contributed by atoms with Crippen LogP contribution in [-0.2, 0) is 6.42 Å². The van der Waals surface area contributed by atoms with E-state index in [1.807, 2.05) is 17.0 Å². The Balaban J connectivity index is 2.21. The number of aromatic nitrogens is 1. The highest BCUT2D eigenvalue weighted by molar-refractivity contribution is 5.93. The van der Waals surface area contributed by atoms with E-state index in [1.54, 1.807) is 6.20 Å². The van der Waals surface area contributed by atoms with Crippen molar-refractivity contribution in [2.24, 2.45) is 5.41 Å². The molecule has 0 saturated carbocycles. The van der Waals surface area contributed by atoms with Crippen molar-refractivity contribution in [3.63, 3.8) is 0 Å². The van der Waals surface area contributed by atoms with Crippen LogP contribution in [0.15, 0.2) is 18.3 Å². The highest BCUT2D eigenvalue weighted by atomic mass is 16.2. The van der Waals surface area contributed by atoms with Crippen molar-refractivity contribution >= 4 is 5.91 Å². The fourth-order valence-corrected chi connectivity index (χ4v) is 2.36. The topological polar surface area (TPSA) is 45.2 Å². The number of nitrogens with one attached hydrogen (secondary N) is 1. The van der Waals surface area contributed by atoms with Crippen molar-refractivity contribution in [3.05, 3.63) is 29.6 Å². The molecular formula is C15H23N3O. The number of piperazine rings is 1. The maximum absolute atomic E-state index is 12.5. The van der Waals surface area contributed by atoms with Crippen LogP contribution < -0.4 is 5.32 Å². The Labute approximate surface area is 115 Å². The Hall–Kier alpha value is -1.42. The average molecular weight is 261 g/mol. The molecule has 2 heterocycles. The summed E-state index contributed by atoms with van der Waals surface area (Å²) in [6.45, 7) is 9.81. The lowest BCUT2D eigenvalue weighted by Gasteiger charge is -2.28. The zero-order chi connectivity index (χ0) is 13.9. The summed E-state index contributed by atoms with van der Waals surface area (Å²) in [6, 6.07) is 3.93. The molecule has 1 aromatic rings. The fourth-order valence-electron chi connectivity index (χ4n) is 2.36. The molecule has 0 aliphatic carbocycles. The van der Waals surface area contributed by atoms with E-state index in [0.29, 0.717) is 5.69 Å². The Morgan fingerprint density at radius 1 is 1.37 bits per heavy atom. The number of amides is 1. The molecule has 1 aliphatic heterocycles. The predicted molar refractivity (Wildman–Crippen MR) is 76.2 cm³/mol. The second kappa shape index (κ2) is 5.70. The van der Waals surface area contributed by atoms with Crippen molar-refractivity contribution in [2.75, 3.05) is 26.2 Å². The monoisotopic (exact) mass is 261 g/mol. The molecule has 0 radical (unpaired) electrons. The van der Waals surface area contributed by atoms with Crippen molar-refractivity contribution in [2.45, 2.75) is 27.2 Å². The molecule has 0 spiro atoms. The first-order chi connectivity index (χ1) is 8.97. The molecule has 0 atom stereocenters. The van der Waals surface area contributed by atoms with Gasteiger partial charge in [-0.25, -0.2) is 0 Å². The predicted octanol–water partition coefficient (Wildman–Crippen LogP) is 1.72. The summed E-state index contributed by atoms with van der Waals surface area (Å²) in [4.78, 5) is 18.8. The van der Waals surface area contributed by atoms with Crippen LogP contribution in [0.1, 0.15) is 36.8 Å². The average Bonchev–Trinajstić information content (AvgIpc) is 2.38. The molecule has 1 amide bonds. The van der Waals surface area contributed by atoms with E-state index in [9.17, 15) is 4.79 Å². The van der Waals surface area contributed by atoms with Gasteiger partial charge in [-0.15, -0.1) is 0 Å². The molecular weight excluding hydrogens is 238 g/mol. The molecule has 0 aromatic carbocycles. The van der Waals surface area contributed by atoms with Gasteiger partial charge in [0.05, 0.1) is 0 Å². The molecule has 4 nitrogen and oxygen atoms in total. The van der Waals surface area contributed by atoms with Gasteiger partial charge in [0.15, 0.2) is 0 Å². The molecule has 1 fully saturated rings. The first-order valence-electron chi connectivity index (χ1n) is 6.91.